The topological polar surface area (TPSA) is 98.1 Å². The second kappa shape index (κ2) is 10.8. The van der Waals surface area contributed by atoms with E-state index in [1.165, 1.54) is 17.5 Å². The molecule has 1 N–H and O–H groups in total. The van der Waals surface area contributed by atoms with Crippen LogP contribution in [0.1, 0.15) is 51.8 Å². The first-order valence-corrected chi connectivity index (χ1v) is 15.2. The van der Waals surface area contributed by atoms with Crippen molar-refractivity contribution < 1.29 is 13.2 Å². The number of pyridine rings is 1. The number of aromatic nitrogens is 2. The Morgan fingerprint density at radius 1 is 1.11 bits per heavy atom. The van der Waals surface area contributed by atoms with Crippen LogP contribution in [-0.4, -0.2) is 35.4 Å². The lowest BCUT2D eigenvalue weighted by Gasteiger charge is -2.17. The Bertz CT molecular complexity index is 1610. The van der Waals surface area contributed by atoms with Gasteiger partial charge in [-0.3, -0.25) is 9.59 Å². The molecule has 1 atom stereocenters. The molecular formula is C27H26ClN3O4S2. The molecule has 0 spiro atoms. The molecule has 0 aliphatic carbocycles. The number of thiazole rings is 1. The second-order valence-corrected chi connectivity index (χ2v) is 13.0. The first kappa shape index (κ1) is 25.6. The Morgan fingerprint density at radius 2 is 1.92 bits per heavy atom. The Labute approximate surface area is 224 Å². The fourth-order valence-corrected chi connectivity index (χ4v) is 7.31. The minimum Gasteiger partial charge on any atom is -0.347 e. The summed E-state index contributed by atoms with van der Waals surface area (Å²) in [6.07, 6.45) is 6.15. The summed E-state index contributed by atoms with van der Waals surface area (Å²) in [5.41, 5.74) is 1.84. The monoisotopic (exact) mass is 555 g/mol. The molecular weight excluding hydrogens is 530 g/mol. The van der Waals surface area contributed by atoms with Gasteiger partial charge in [0.15, 0.2) is 5.43 Å². The van der Waals surface area contributed by atoms with Crippen LogP contribution in [0.3, 0.4) is 0 Å². The number of benzene rings is 2. The number of nitrogens with one attached hydrogen (secondary N) is 1. The zero-order valence-electron chi connectivity index (χ0n) is 20.0. The lowest BCUT2D eigenvalue weighted by Crippen LogP contribution is -2.26. The maximum atomic E-state index is 13.2. The first-order chi connectivity index (χ1) is 17.8. The van der Waals surface area contributed by atoms with Crippen LogP contribution in [0.5, 0.6) is 0 Å². The van der Waals surface area contributed by atoms with E-state index in [9.17, 15) is 18.0 Å². The fourth-order valence-electron chi connectivity index (χ4n) is 4.65. The van der Waals surface area contributed by atoms with Gasteiger partial charge in [0, 0.05) is 40.3 Å². The summed E-state index contributed by atoms with van der Waals surface area (Å²) in [7, 11) is -3.02. The Morgan fingerprint density at radius 3 is 2.73 bits per heavy atom. The summed E-state index contributed by atoms with van der Waals surface area (Å²) in [5.74, 6) is 0.120. The van der Waals surface area contributed by atoms with E-state index in [-0.39, 0.29) is 35.3 Å². The van der Waals surface area contributed by atoms with Gasteiger partial charge >= 0.3 is 0 Å². The molecule has 0 bridgehead atoms. The smallest absolute Gasteiger partial charge is 0.263 e. The quantitative estimate of drug-likeness (QED) is 0.369. The van der Waals surface area contributed by atoms with E-state index in [2.05, 4.69) is 10.3 Å². The lowest BCUT2D eigenvalue weighted by atomic mass is 10.00. The summed E-state index contributed by atoms with van der Waals surface area (Å²) in [4.78, 5) is 31.1. The number of carbonyl (C=O) groups excluding carboxylic acids is 1. The number of hydrogen-bond acceptors (Lipinski definition) is 6. The van der Waals surface area contributed by atoms with Crippen molar-refractivity contribution in [2.24, 2.45) is 0 Å². The molecule has 7 nitrogen and oxygen atoms in total. The van der Waals surface area contributed by atoms with Crippen LogP contribution in [0.2, 0.25) is 5.02 Å². The Hall–Kier alpha value is -3.01. The standard InChI is InChI=1S/C27H26ClN3O4S2/c28-20-9-10-22-23(14-20)31(21-7-2-1-3-8-21)17-19(25(22)32)15-29-26(33)24-16-30-27(36-24)18-6-4-5-12-37(34,35)13-11-18/h1-3,7-10,14,16-18H,4-6,11-13,15H2,(H,29,33). The number of rotatable bonds is 5. The highest BCUT2D eigenvalue weighted by Crippen LogP contribution is 2.31. The second-order valence-electron chi connectivity index (χ2n) is 9.23. The lowest BCUT2D eigenvalue weighted by molar-refractivity contribution is 0.0954. The molecule has 192 valence electrons. The van der Waals surface area contributed by atoms with Crippen LogP contribution < -0.4 is 10.7 Å². The van der Waals surface area contributed by atoms with Gasteiger partial charge in [-0.15, -0.1) is 11.3 Å². The Balaban J connectivity index is 1.37. The van der Waals surface area contributed by atoms with Crippen LogP contribution in [-0.2, 0) is 16.4 Å². The number of carbonyl (C=O) groups is 1. The third-order valence-corrected chi connectivity index (χ3v) is 9.81. The Kier molecular flexibility index (Phi) is 7.46. The van der Waals surface area contributed by atoms with Crippen LogP contribution in [0.4, 0.5) is 0 Å². The van der Waals surface area contributed by atoms with Crippen LogP contribution in [0.25, 0.3) is 16.6 Å². The summed E-state index contributed by atoms with van der Waals surface area (Å²) in [6, 6.07) is 14.8. The van der Waals surface area contributed by atoms with Gasteiger partial charge in [0.2, 0.25) is 0 Å². The molecule has 37 heavy (non-hydrogen) atoms. The molecule has 1 unspecified atom stereocenters. The molecule has 10 heteroatoms. The van der Waals surface area contributed by atoms with E-state index >= 15 is 0 Å². The van der Waals surface area contributed by atoms with Crippen molar-refractivity contribution in [3.05, 3.63) is 91.6 Å². The molecule has 1 aliphatic rings. The molecule has 0 saturated carbocycles. The molecule has 3 heterocycles. The number of sulfone groups is 1. The predicted molar refractivity (Wildman–Crippen MR) is 148 cm³/mol. The number of para-hydroxylation sites is 1. The van der Waals surface area contributed by atoms with Gasteiger partial charge in [-0.25, -0.2) is 13.4 Å². The summed E-state index contributed by atoms with van der Waals surface area (Å²) in [6.45, 7) is 0.0535. The van der Waals surface area contributed by atoms with E-state index in [1.807, 2.05) is 34.9 Å². The predicted octanol–water partition coefficient (Wildman–Crippen LogP) is 5.10. The fraction of sp³-hybridized carbons (Fsp3) is 0.296. The number of nitrogens with zero attached hydrogens (tertiary/aromatic N) is 2. The van der Waals surface area contributed by atoms with Gasteiger partial charge in [0.05, 0.1) is 28.2 Å². The van der Waals surface area contributed by atoms with Crippen molar-refractivity contribution in [1.29, 1.82) is 0 Å². The van der Waals surface area contributed by atoms with Crippen LogP contribution in [0.15, 0.2) is 65.7 Å². The van der Waals surface area contributed by atoms with Crippen molar-refractivity contribution in [3.63, 3.8) is 0 Å². The van der Waals surface area contributed by atoms with E-state index in [0.29, 0.717) is 39.2 Å². The molecule has 5 rings (SSSR count). The number of hydrogen-bond donors (Lipinski definition) is 1. The molecule has 0 radical (unpaired) electrons. The van der Waals surface area contributed by atoms with Crippen LogP contribution >= 0.6 is 22.9 Å². The van der Waals surface area contributed by atoms with Crippen molar-refractivity contribution in [1.82, 2.24) is 14.9 Å². The average Bonchev–Trinajstić information content (AvgIpc) is 3.37. The number of halogens is 1. The highest BCUT2D eigenvalue weighted by Gasteiger charge is 2.24. The van der Waals surface area contributed by atoms with E-state index in [1.54, 1.807) is 24.4 Å². The van der Waals surface area contributed by atoms with Crippen molar-refractivity contribution in [2.45, 2.75) is 38.1 Å². The summed E-state index contributed by atoms with van der Waals surface area (Å²) in [5, 5.41) is 4.69. The largest absolute Gasteiger partial charge is 0.347 e. The number of fused-ring (bicyclic) bond motifs is 1. The average molecular weight is 556 g/mol. The number of amides is 1. The van der Waals surface area contributed by atoms with E-state index in [0.717, 1.165) is 23.5 Å². The van der Waals surface area contributed by atoms with Gasteiger partial charge in [-0.1, -0.05) is 36.2 Å². The first-order valence-electron chi connectivity index (χ1n) is 12.1. The molecule has 1 aliphatic heterocycles. The molecule has 2 aromatic heterocycles. The SMILES string of the molecule is O=C(NCc1cn(-c2ccccc2)c2cc(Cl)ccc2c1=O)c1cnc(C2CCCCS(=O)(=O)CC2)s1. The summed E-state index contributed by atoms with van der Waals surface area (Å²) < 4.78 is 26.0. The maximum Gasteiger partial charge on any atom is 0.263 e. The van der Waals surface area contributed by atoms with Gasteiger partial charge < -0.3 is 9.88 Å². The normalized spacial score (nSPS) is 17.7. The maximum absolute atomic E-state index is 13.2. The van der Waals surface area contributed by atoms with E-state index in [4.69, 9.17) is 11.6 Å². The summed E-state index contributed by atoms with van der Waals surface area (Å²) >= 11 is 7.51. The molecule has 1 saturated heterocycles. The molecule has 1 fully saturated rings. The highest BCUT2D eigenvalue weighted by atomic mass is 35.5. The van der Waals surface area contributed by atoms with Crippen molar-refractivity contribution >= 4 is 49.6 Å². The molecule has 2 aromatic carbocycles. The zero-order valence-corrected chi connectivity index (χ0v) is 22.4. The minimum atomic E-state index is -3.02. The van der Waals surface area contributed by atoms with Gasteiger partial charge in [-0.05, 0) is 49.6 Å². The van der Waals surface area contributed by atoms with Gasteiger partial charge in [0.1, 0.15) is 14.7 Å². The van der Waals surface area contributed by atoms with Crippen molar-refractivity contribution in [3.8, 4) is 5.69 Å². The zero-order chi connectivity index (χ0) is 26.0. The molecule has 4 aromatic rings. The highest BCUT2D eigenvalue weighted by molar-refractivity contribution is 7.91. The van der Waals surface area contributed by atoms with Crippen molar-refractivity contribution in [2.75, 3.05) is 11.5 Å². The third kappa shape index (κ3) is 5.79. The third-order valence-electron chi connectivity index (χ3n) is 6.65. The minimum absolute atomic E-state index is 0.0343. The molecule has 1 amide bonds. The van der Waals surface area contributed by atoms with Crippen LogP contribution in [0, 0.1) is 0 Å². The van der Waals surface area contributed by atoms with Gasteiger partial charge in [0.25, 0.3) is 5.91 Å². The van der Waals surface area contributed by atoms with Gasteiger partial charge in [-0.2, -0.15) is 0 Å². The van der Waals surface area contributed by atoms with E-state index < -0.39 is 9.84 Å².